The minimum Gasteiger partial charge on any atom is -0.490 e. The van der Waals surface area contributed by atoms with E-state index in [1.165, 1.54) is 18.3 Å². The lowest BCUT2D eigenvalue weighted by atomic mass is 10.1. The molecule has 0 aliphatic carbocycles. The number of ether oxygens (including phenoxy) is 1. The summed E-state index contributed by atoms with van der Waals surface area (Å²) in [6.07, 6.45) is 2.58. The second-order valence-corrected chi connectivity index (χ2v) is 12.1. The van der Waals surface area contributed by atoms with Gasteiger partial charge in [-0.1, -0.05) is 30.3 Å². The topological polar surface area (TPSA) is 126 Å². The van der Waals surface area contributed by atoms with Gasteiger partial charge in [0, 0.05) is 12.2 Å². The molecule has 0 atom stereocenters. The maximum atomic E-state index is 12.9. The number of nitrogens with one attached hydrogen (secondary N) is 3. The third kappa shape index (κ3) is 7.69. The van der Waals surface area contributed by atoms with Gasteiger partial charge in [-0.15, -0.1) is 0 Å². The molecule has 0 aliphatic rings. The lowest BCUT2D eigenvalue weighted by molar-refractivity contribution is -0.111. The van der Waals surface area contributed by atoms with Crippen molar-refractivity contribution in [3.8, 4) is 5.75 Å². The summed E-state index contributed by atoms with van der Waals surface area (Å²) in [5.74, 6) is 0.558. The minimum absolute atomic E-state index is 0.146. The van der Waals surface area contributed by atoms with E-state index in [9.17, 15) is 13.2 Å². The molecule has 0 radical (unpaired) electrons. The molecule has 0 fully saturated rings. The standard InChI is InChI=1S/C27H33ClN6O4S/c1-7-25(35)30-22-15-21(18(4)14-23(22)38-13-12-34(5)6)32-27-29-16-19(28)26(33-27)31-20-10-8-9-11-24(20)39(36,37)17(2)3/h7-11,14-17H,1,12-13H2,2-6H3,(H,30,35)(H2,29,31,32,33). The average Bonchev–Trinajstić information content (AvgIpc) is 2.88. The van der Waals surface area contributed by atoms with Gasteiger partial charge in [-0.2, -0.15) is 4.98 Å². The highest BCUT2D eigenvalue weighted by molar-refractivity contribution is 7.92. The zero-order chi connectivity index (χ0) is 28.7. The fourth-order valence-electron chi connectivity index (χ4n) is 3.39. The second kappa shape index (κ2) is 12.9. The molecule has 208 valence electrons. The van der Waals surface area contributed by atoms with Crippen molar-refractivity contribution in [2.45, 2.75) is 30.9 Å². The van der Waals surface area contributed by atoms with E-state index in [2.05, 4.69) is 32.5 Å². The predicted molar refractivity (Wildman–Crippen MR) is 156 cm³/mol. The number of carbonyl (C=O) groups is 1. The Bertz CT molecular complexity index is 1460. The Morgan fingerprint density at radius 1 is 1.15 bits per heavy atom. The molecule has 0 saturated carbocycles. The second-order valence-electron chi connectivity index (χ2n) is 9.24. The molecular formula is C27H33ClN6O4S. The number of nitrogens with zero attached hydrogens (tertiary/aromatic N) is 3. The number of aromatic nitrogens is 2. The molecule has 0 spiro atoms. The molecule has 3 aromatic rings. The maximum absolute atomic E-state index is 12.9. The number of sulfone groups is 1. The van der Waals surface area contributed by atoms with Crippen molar-refractivity contribution in [2.24, 2.45) is 0 Å². The Kier molecular flexibility index (Phi) is 9.90. The monoisotopic (exact) mass is 572 g/mol. The molecule has 1 heterocycles. The first kappa shape index (κ1) is 29.9. The van der Waals surface area contributed by atoms with Crippen molar-refractivity contribution < 1.29 is 17.9 Å². The van der Waals surface area contributed by atoms with Crippen LogP contribution in [0.15, 0.2) is 60.1 Å². The molecule has 2 aromatic carbocycles. The van der Waals surface area contributed by atoms with Crippen LogP contribution in [0.5, 0.6) is 5.75 Å². The van der Waals surface area contributed by atoms with Crippen molar-refractivity contribution in [2.75, 3.05) is 43.2 Å². The molecule has 3 N–H and O–H groups in total. The Balaban J connectivity index is 1.93. The summed E-state index contributed by atoms with van der Waals surface area (Å²) >= 11 is 6.36. The summed E-state index contributed by atoms with van der Waals surface area (Å²) in [6, 6.07) is 10.1. The number of halogens is 1. The van der Waals surface area contributed by atoms with E-state index in [4.69, 9.17) is 16.3 Å². The molecule has 12 heteroatoms. The summed E-state index contributed by atoms with van der Waals surface area (Å²) in [4.78, 5) is 22.9. The summed E-state index contributed by atoms with van der Waals surface area (Å²) in [5.41, 5.74) is 2.23. The van der Waals surface area contributed by atoms with Crippen molar-refractivity contribution in [3.63, 3.8) is 0 Å². The first-order chi connectivity index (χ1) is 18.4. The van der Waals surface area contributed by atoms with Crippen LogP contribution in [0.3, 0.4) is 0 Å². The fraction of sp³-hybridized carbons (Fsp3) is 0.296. The first-order valence-corrected chi connectivity index (χ1v) is 14.1. The van der Waals surface area contributed by atoms with Crippen LogP contribution in [0.25, 0.3) is 0 Å². The van der Waals surface area contributed by atoms with E-state index in [0.717, 1.165) is 5.56 Å². The van der Waals surface area contributed by atoms with Gasteiger partial charge in [-0.05, 0) is 70.8 Å². The van der Waals surface area contributed by atoms with Crippen molar-refractivity contribution in [1.29, 1.82) is 0 Å². The fourth-order valence-corrected chi connectivity index (χ4v) is 4.73. The lowest BCUT2D eigenvalue weighted by Gasteiger charge is -2.18. The summed E-state index contributed by atoms with van der Waals surface area (Å²) in [5, 5.41) is 8.55. The Labute approximate surface area is 234 Å². The molecule has 1 amide bonds. The van der Waals surface area contributed by atoms with E-state index < -0.39 is 15.1 Å². The van der Waals surface area contributed by atoms with Gasteiger partial charge in [0.1, 0.15) is 17.4 Å². The third-order valence-electron chi connectivity index (χ3n) is 5.62. The molecular weight excluding hydrogens is 540 g/mol. The van der Waals surface area contributed by atoms with Crippen LogP contribution in [0.1, 0.15) is 19.4 Å². The summed E-state index contributed by atoms with van der Waals surface area (Å²) in [6.45, 7) is 9.76. The van der Waals surface area contributed by atoms with Crippen LogP contribution in [-0.2, 0) is 14.6 Å². The van der Waals surface area contributed by atoms with Crippen LogP contribution in [0.4, 0.5) is 28.8 Å². The number of benzene rings is 2. The zero-order valence-electron chi connectivity index (χ0n) is 22.6. The number of carbonyl (C=O) groups excluding carboxylic acids is 1. The van der Waals surface area contributed by atoms with Crippen LogP contribution in [0, 0.1) is 6.92 Å². The average molecular weight is 573 g/mol. The van der Waals surface area contributed by atoms with Crippen molar-refractivity contribution >= 4 is 56.2 Å². The van der Waals surface area contributed by atoms with Gasteiger partial charge < -0.3 is 25.6 Å². The first-order valence-electron chi connectivity index (χ1n) is 12.2. The molecule has 0 aliphatic heterocycles. The number of hydrogen-bond acceptors (Lipinski definition) is 9. The molecule has 0 saturated heterocycles. The van der Waals surface area contributed by atoms with Crippen LogP contribution >= 0.6 is 11.6 Å². The van der Waals surface area contributed by atoms with Crippen molar-refractivity contribution in [1.82, 2.24) is 14.9 Å². The predicted octanol–water partition coefficient (Wildman–Crippen LogP) is 5.17. The highest BCUT2D eigenvalue weighted by atomic mass is 35.5. The van der Waals surface area contributed by atoms with Crippen LogP contribution in [0.2, 0.25) is 5.02 Å². The van der Waals surface area contributed by atoms with Crippen LogP contribution < -0.4 is 20.7 Å². The number of aryl methyl sites for hydroxylation is 1. The smallest absolute Gasteiger partial charge is 0.247 e. The van der Waals surface area contributed by atoms with Gasteiger partial charge in [0.25, 0.3) is 0 Å². The largest absolute Gasteiger partial charge is 0.490 e. The van der Waals surface area contributed by atoms with Gasteiger partial charge in [0.2, 0.25) is 11.9 Å². The van der Waals surface area contributed by atoms with Crippen molar-refractivity contribution in [3.05, 3.63) is 65.8 Å². The molecule has 10 nitrogen and oxygen atoms in total. The van der Waals surface area contributed by atoms with E-state index in [0.29, 0.717) is 36.0 Å². The summed E-state index contributed by atoms with van der Waals surface area (Å²) in [7, 11) is 0.329. The number of para-hydroxylation sites is 1. The van der Waals surface area contributed by atoms with Gasteiger partial charge in [0.05, 0.1) is 27.7 Å². The molecule has 39 heavy (non-hydrogen) atoms. The molecule has 1 aromatic heterocycles. The van der Waals surface area contributed by atoms with Gasteiger partial charge >= 0.3 is 0 Å². The minimum atomic E-state index is -3.56. The van der Waals surface area contributed by atoms with Gasteiger partial charge in [0.15, 0.2) is 15.7 Å². The van der Waals surface area contributed by atoms with E-state index >= 15 is 0 Å². The third-order valence-corrected chi connectivity index (χ3v) is 8.11. The highest BCUT2D eigenvalue weighted by Gasteiger charge is 2.23. The number of anilines is 5. The number of likely N-dealkylation sites (N-methyl/N-ethyl adjacent to an activating group) is 1. The Hall–Kier alpha value is -3.67. The quantitative estimate of drug-likeness (QED) is 0.252. The Morgan fingerprint density at radius 2 is 1.87 bits per heavy atom. The van der Waals surface area contributed by atoms with E-state index in [1.54, 1.807) is 44.2 Å². The number of rotatable bonds is 12. The number of amides is 1. The summed E-state index contributed by atoms with van der Waals surface area (Å²) < 4.78 is 31.6. The normalized spacial score (nSPS) is 11.4. The van der Waals surface area contributed by atoms with Crippen LogP contribution in [-0.4, -0.2) is 61.7 Å². The maximum Gasteiger partial charge on any atom is 0.247 e. The lowest BCUT2D eigenvalue weighted by Crippen LogP contribution is -2.20. The Morgan fingerprint density at radius 3 is 2.54 bits per heavy atom. The number of hydrogen-bond donors (Lipinski definition) is 3. The zero-order valence-corrected chi connectivity index (χ0v) is 24.2. The van der Waals surface area contributed by atoms with E-state index in [-0.39, 0.29) is 27.6 Å². The SMILES string of the molecule is C=CC(=O)Nc1cc(Nc2ncc(Cl)c(Nc3ccccc3S(=O)(=O)C(C)C)n2)c(C)cc1OCCN(C)C. The molecule has 3 rings (SSSR count). The van der Waals surface area contributed by atoms with E-state index in [1.807, 2.05) is 25.9 Å². The van der Waals surface area contributed by atoms with Gasteiger partial charge in [-0.3, -0.25) is 4.79 Å². The van der Waals surface area contributed by atoms with Gasteiger partial charge in [-0.25, -0.2) is 13.4 Å². The molecule has 0 unspecified atom stereocenters. The molecule has 0 bridgehead atoms. The highest BCUT2D eigenvalue weighted by Crippen LogP contribution is 2.34.